The zero-order chi connectivity index (χ0) is 21.3. The largest absolute Gasteiger partial charge is 0.283 e. The molecule has 152 valence electrons. The Kier molecular flexibility index (Phi) is 5.41. The lowest BCUT2D eigenvalue weighted by molar-refractivity contribution is 0.100. The van der Waals surface area contributed by atoms with Crippen LogP contribution >= 0.6 is 11.8 Å². The van der Waals surface area contributed by atoms with E-state index in [1.807, 2.05) is 51.1 Å². The van der Waals surface area contributed by atoms with Crippen LogP contribution in [0, 0.1) is 13.8 Å². The summed E-state index contributed by atoms with van der Waals surface area (Å²) < 4.78 is 2.73. The minimum atomic E-state index is -0.385. The highest BCUT2D eigenvalue weighted by atomic mass is 32.2. The van der Waals surface area contributed by atoms with Gasteiger partial charge in [-0.05, 0) is 55.0 Å². The molecule has 0 fully saturated rings. The summed E-state index contributed by atoms with van der Waals surface area (Å²) in [6.45, 7) is 6.08. The van der Waals surface area contributed by atoms with Crippen LogP contribution in [0.15, 0.2) is 64.7 Å². The number of amides is 1. The van der Waals surface area contributed by atoms with Crippen LogP contribution in [0.2, 0.25) is 0 Å². The SMILES string of the molecule is CCSc1ccccc1C(=O)Nn1cnc2c(cnn2-c2ccc(C)c(C)c2)c1=O. The lowest BCUT2D eigenvalue weighted by Crippen LogP contribution is -2.33. The number of nitrogens with zero attached hydrogens (tertiary/aromatic N) is 4. The molecular weight excluding hydrogens is 398 g/mol. The zero-order valence-corrected chi connectivity index (χ0v) is 17.7. The molecule has 0 spiro atoms. The predicted octanol–water partition coefficient (Wildman–Crippen LogP) is 3.69. The Morgan fingerprint density at radius 3 is 2.70 bits per heavy atom. The van der Waals surface area contributed by atoms with E-state index in [1.54, 1.807) is 28.6 Å². The maximum absolute atomic E-state index is 12.9. The maximum Gasteiger partial charge on any atom is 0.283 e. The smallest absolute Gasteiger partial charge is 0.267 e. The van der Waals surface area contributed by atoms with Crippen LogP contribution in [-0.4, -0.2) is 31.1 Å². The van der Waals surface area contributed by atoms with Gasteiger partial charge < -0.3 is 0 Å². The van der Waals surface area contributed by atoms with Crippen molar-refractivity contribution >= 4 is 28.7 Å². The van der Waals surface area contributed by atoms with Gasteiger partial charge in [-0.25, -0.2) is 14.3 Å². The van der Waals surface area contributed by atoms with Crippen LogP contribution < -0.4 is 11.0 Å². The third kappa shape index (κ3) is 3.61. The van der Waals surface area contributed by atoms with Crippen LogP contribution in [-0.2, 0) is 0 Å². The van der Waals surface area contributed by atoms with Crippen molar-refractivity contribution in [2.24, 2.45) is 0 Å². The van der Waals surface area contributed by atoms with E-state index >= 15 is 0 Å². The maximum atomic E-state index is 12.9. The molecule has 2 aromatic heterocycles. The fourth-order valence-electron chi connectivity index (χ4n) is 3.14. The summed E-state index contributed by atoms with van der Waals surface area (Å²) in [5.41, 5.74) is 6.33. The molecule has 1 N–H and O–H groups in total. The monoisotopic (exact) mass is 419 g/mol. The summed E-state index contributed by atoms with van der Waals surface area (Å²) in [5.74, 6) is 0.478. The van der Waals surface area contributed by atoms with E-state index in [1.165, 1.54) is 18.1 Å². The van der Waals surface area contributed by atoms with E-state index in [2.05, 4.69) is 15.5 Å². The average Bonchev–Trinajstić information content (AvgIpc) is 3.17. The summed E-state index contributed by atoms with van der Waals surface area (Å²) in [7, 11) is 0. The fraction of sp³-hybridized carbons (Fsp3) is 0.182. The molecule has 4 rings (SSSR count). The molecule has 0 bridgehead atoms. The number of hydrogen-bond donors (Lipinski definition) is 1. The first kappa shape index (κ1) is 19.9. The topological polar surface area (TPSA) is 81.8 Å². The van der Waals surface area contributed by atoms with E-state index in [4.69, 9.17) is 0 Å². The van der Waals surface area contributed by atoms with Gasteiger partial charge >= 0.3 is 0 Å². The number of carbonyl (C=O) groups excluding carboxylic acids is 1. The van der Waals surface area contributed by atoms with E-state index in [-0.39, 0.29) is 11.5 Å². The van der Waals surface area contributed by atoms with Crippen molar-refractivity contribution in [1.29, 1.82) is 0 Å². The van der Waals surface area contributed by atoms with Gasteiger partial charge in [0.25, 0.3) is 11.5 Å². The summed E-state index contributed by atoms with van der Waals surface area (Å²) in [4.78, 5) is 30.9. The summed E-state index contributed by atoms with van der Waals surface area (Å²) in [5, 5.41) is 4.67. The highest BCUT2D eigenvalue weighted by Gasteiger charge is 2.15. The number of carbonyl (C=O) groups is 1. The molecule has 0 aliphatic carbocycles. The Hall–Kier alpha value is -3.39. The number of aromatic nitrogens is 4. The van der Waals surface area contributed by atoms with Crippen LogP contribution in [0.5, 0.6) is 0 Å². The van der Waals surface area contributed by atoms with E-state index < -0.39 is 0 Å². The number of thioether (sulfide) groups is 1. The van der Waals surface area contributed by atoms with Crippen molar-refractivity contribution in [3.8, 4) is 5.69 Å². The van der Waals surface area contributed by atoms with Gasteiger partial charge in [0.2, 0.25) is 0 Å². The van der Waals surface area contributed by atoms with Gasteiger partial charge in [0.1, 0.15) is 11.7 Å². The lowest BCUT2D eigenvalue weighted by Gasteiger charge is -2.11. The molecule has 2 aromatic carbocycles. The van der Waals surface area contributed by atoms with Crippen molar-refractivity contribution in [3.63, 3.8) is 0 Å². The van der Waals surface area contributed by atoms with E-state index in [9.17, 15) is 9.59 Å². The van der Waals surface area contributed by atoms with Gasteiger partial charge in [-0.3, -0.25) is 15.0 Å². The molecule has 0 radical (unpaired) electrons. The third-order valence-corrected chi connectivity index (χ3v) is 5.83. The number of rotatable bonds is 5. The van der Waals surface area contributed by atoms with Gasteiger partial charge in [-0.15, -0.1) is 11.8 Å². The molecule has 0 unspecified atom stereocenters. The summed E-state index contributed by atoms with van der Waals surface area (Å²) in [6.07, 6.45) is 2.79. The minimum absolute atomic E-state index is 0.326. The Morgan fingerprint density at radius 2 is 1.93 bits per heavy atom. The van der Waals surface area contributed by atoms with Crippen LogP contribution in [0.25, 0.3) is 16.7 Å². The number of fused-ring (bicyclic) bond motifs is 1. The van der Waals surface area contributed by atoms with Crippen molar-refractivity contribution in [2.75, 3.05) is 11.2 Å². The van der Waals surface area contributed by atoms with Gasteiger partial charge in [0.05, 0.1) is 17.4 Å². The quantitative estimate of drug-likeness (QED) is 0.499. The first-order valence-corrected chi connectivity index (χ1v) is 10.5. The van der Waals surface area contributed by atoms with Crippen LogP contribution in [0.4, 0.5) is 0 Å². The molecular formula is C22H21N5O2S. The zero-order valence-electron chi connectivity index (χ0n) is 16.9. The van der Waals surface area contributed by atoms with E-state index in [0.717, 1.165) is 26.6 Å². The molecule has 0 aliphatic rings. The predicted molar refractivity (Wildman–Crippen MR) is 119 cm³/mol. The Labute approximate surface area is 177 Å². The van der Waals surface area contributed by atoms with Gasteiger partial charge in [-0.1, -0.05) is 25.1 Å². The Bertz CT molecular complexity index is 1310. The molecule has 7 nitrogen and oxygen atoms in total. The second kappa shape index (κ2) is 8.16. The van der Waals surface area contributed by atoms with Gasteiger partial charge in [0.15, 0.2) is 5.65 Å². The van der Waals surface area contributed by atoms with Crippen LogP contribution in [0.1, 0.15) is 28.4 Å². The summed E-state index contributed by atoms with van der Waals surface area (Å²) >= 11 is 1.57. The van der Waals surface area contributed by atoms with Crippen molar-refractivity contribution < 1.29 is 4.79 Å². The summed E-state index contributed by atoms with van der Waals surface area (Å²) in [6, 6.07) is 13.3. The minimum Gasteiger partial charge on any atom is -0.267 e. The van der Waals surface area contributed by atoms with Gasteiger partial charge in [0, 0.05) is 4.90 Å². The normalized spacial score (nSPS) is 11.0. The number of benzene rings is 2. The highest BCUT2D eigenvalue weighted by molar-refractivity contribution is 7.99. The average molecular weight is 420 g/mol. The molecule has 2 heterocycles. The number of aryl methyl sites for hydroxylation is 2. The van der Waals surface area contributed by atoms with E-state index in [0.29, 0.717) is 16.6 Å². The molecule has 30 heavy (non-hydrogen) atoms. The Morgan fingerprint density at radius 1 is 1.13 bits per heavy atom. The number of nitrogens with one attached hydrogen (secondary N) is 1. The molecule has 8 heteroatoms. The molecule has 0 aliphatic heterocycles. The standard InChI is InChI=1S/C22H21N5O2S/c1-4-30-19-8-6-5-7-17(19)21(28)25-26-13-23-20-18(22(26)29)12-24-27(20)16-10-9-14(2)15(3)11-16/h5-13H,4H2,1-3H3,(H,25,28). The Balaban J connectivity index is 1.69. The van der Waals surface area contributed by atoms with Gasteiger partial charge in [-0.2, -0.15) is 5.10 Å². The van der Waals surface area contributed by atoms with Crippen molar-refractivity contribution in [2.45, 2.75) is 25.7 Å². The molecule has 1 amide bonds. The number of hydrogen-bond acceptors (Lipinski definition) is 5. The first-order chi connectivity index (χ1) is 14.5. The first-order valence-electron chi connectivity index (χ1n) is 9.55. The highest BCUT2D eigenvalue weighted by Crippen LogP contribution is 2.22. The lowest BCUT2D eigenvalue weighted by atomic mass is 10.1. The molecule has 0 atom stereocenters. The third-order valence-electron chi connectivity index (χ3n) is 4.88. The molecule has 0 saturated carbocycles. The fourth-order valence-corrected chi connectivity index (χ4v) is 3.94. The second-order valence-corrected chi connectivity index (χ2v) is 8.16. The van der Waals surface area contributed by atoms with Crippen molar-refractivity contribution in [3.05, 3.63) is 82.0 Å². The van der Waals surface area contributed by atoms with Crippen molar-refractivity contribution in [1.82, 2.24) is 19.4 Å². The second-order valence-electron chi connectivity index (χ2n) is 6.85. The molecule has 0 saturated heterocycles. The molecule has 4 aromatic rings. The van der Waals surface area contributed by atoms with Crippen LogP contribution in [0.3, 0.4) is 0 Å².